The largest absolute Gasteiger partial charge is 0.520 e. The molecule has 0 radical (unpaired) electrons. The fourth-order valence-corrected chi connectivity index (χ4v) is 7.21. The van der Waals surface area contributed by atoms with E-state index in [-0.39, 0.29) is 54.8 Å². The van der Waals surface area contributed by atoms with Crippen LogP contribution >= 0.6 is 0 Å². The van der Waals surface area contributed by atoms with Crippen LogP contribution in [0.25, 0.3) is 0 Å². The topological polar surface area (TPSA) is 133 Å². The van der Waals surface area contributed by atoms with E-state index in [0.29, 0.717) is 34.8 Å². The van der Waals surface area contributed by atoms with Crippen molar-refractivity contribution in [3.05, 3.63) is 11.5 Å². The molecule has 0 aliphatic carbocycles. The first-order chi connectivity index (χ1) is 17.8. The third-order valence-electron chi connectivity index (χ3n) is 5.65. The molecule has 0 rings (SSSR count). The summed E-state index contributed by atoms with van der Waals surface area (Å²) in [5.41, 5.74) is 0.119. The first-order valence-corrected chi connectivity index (χ1v) is 23.7. The van der Waals surface area contributed by atoms with Crippen LogP contribution in [0.4, 0.5) is 0 Å². The Morgan fingerprint density at radius 2 is 1.03 bits per heavy atom. The van der Waals surface area contributed by atoms with Crippen molar-refractivity contribution in [3.63, 3.8) is 0 Å². The summed E-state index contributed by atoms with van der Waals surface area (Å²) in [6.07, 6.45) is 0.658. The van der Waals surface area contributed by atoms with Gasteiger partial charge in [-0.1, -0.05) is 13.3 Å². The molecular weight excluding hydrogens is 577 g/mol. The minimum atomic E-state index is -2.53. The van der Waals surface area contributed by atoms with Crippen LogP contribution in [0.1, 0.15) is 34.1 Å². The van der Waals surface area contributed by atoms with Crippen LogP contribution in [0.3, 0.4) is 0 Å². The number of esters is 3. The normalized spacial score (nSPS) is 12.7. The van der Waals surface area contributed by atoms with Gasteiger partial charge >= 0.3 is 23.9 Å². The summed E-state index contributed by atoms with van der Waals surface area (Å²) in [5, 5.41) is 0. The fourth-order valence-electron chi connectivity index (χ4n) is 2.98. The van der Waals surface area contributed by atoms with E-state index in [1.165, 1.54) is 20.8 Å². The minimum absolute atomic E-state index is 0.115. The highest BCUT2D eigenvalue weighted by atomic mass is 28.4. The van der Waals surface area contributed by atoms with Crippen molar-refractivity contribution in [2.24, 2.45) is 0 Å². The van der Waals surface area contributed by atoms with Gasteiger partial charge in [0.25, 0.3) is 30.9 Å². The maximum atomic E-state index is 13.5. The number of rotatable bonds is 18. The van der Waals surface area contributed by atoms with Crippen molar-refractivity contribution >= 4 is 59.1 Å². The number of hydrogen-bond acceptors (Lipinski definition) is 11. The number of carbonyl (C=O) groups excluding carboxylic acids is 4. The first kappa shape index (κ1) is 37.0. The first-order valence-electron chi connectivity index (χ1n) is 13.2. The Kier molecular flexibility index (Phi) is 16.1. The Morgan fingerprint density at radius 3 is 1.36 bits per heavy atom. The Balaban J connectivity index is 6.14. The highest BCUT2D eigenvalue weighted by molar-refractivity contribution is 6.73. The second-order valence-corrected chi connectivity index (χ2v) is 25.2. The fraction of sp³-hybridized carbons (Fsp3) is 0.750. The highest BCUT2D eigenvalue weighted by Crippen LogP contribution is 2.31. The molecule has 0 aromatic heterocycles. The van der Waals surface area contributed by atoms with Gasteiger partial charge in [0, 0.05) is 49.1 Å². The lowest BCUT2D eigenvalue weighted by molar-refractivity contribution is -0.216. The van der Waals surface area contributed by atoms with Crippen molar-refractivity contribution in [3.8, 4) is 0 Å². The van der Waals surface area contributed by atoms with E-state index in [9.17, 15) is 19.2 Å². The zero-order valence-electron chi connectivity index (χ0n) is 25.5. The van der Waals surface area contributed by atoms with E-state index in [1.54, 1.807) is 0 Å². The Hall–Kier alpha value is -1.95. The molecule has 0 aliphatic heterocycles. The van der Waals surface area contributed by atoms with E-state index in [1.807, 2.05) is 46.2 Å². The van der Waals surface area contributed by atoms with Gasteiger partial charge in [0.1, 0.15) is 5.57 Å². The van der Waals surface area contributed by atoms with E-state index in [2.05, 4.69) is 0 Å². The Labute approximate surface area is 238 Å². The zero-order chi connectivity index (χ0) is 30.4. The smallest absolute Gasteiger partial charge is 0.374 e. The van der Waals surface area contributed by atoms with Crippen molar-refractivity contribution in [2.45, 2.75) is 97.1 Å². The van der Waals surface area contributed by atoms with Gasteiger partial charge < -0.3 is 28.0 Å². The molecule has 0 fully saturated rings. The minimum Gasteiger partial charge on any atom is -0.520 e. The molecule has 0 bridgehead atoms. The molecule has 39 heavy (non-hydrogen) atoms. The molecule has 1 atom stereocenters. The zero-order valence-corrected chi connectivity index (χ0v) is 30.5. The van der Waals surface area contributed by atoms with Gasteiger partial charge in [0.15, 0.2) is 0 Å². The van der Waals surface area contributed by atoms with Gasteiger partial charge in [0.05, 0.1) is 19.8 Å². The van der Waals surface area contributed by atoms with Crippen LogP contribution in [0.5, 0.6) is 0 Å². The van der Waals surface area contributed by atoms with E-state index < -0.39 is 30.9 Å². The SMILES string of the molecule is CCC([SiH3])C(C(=O)OO[Si](C)(C)CCOC(C)=O)=C(O[Si](C)(C)CCOC(C)=O)O[Si](C)(C)CCOC(C)=O. The molecule has 0 saturated carbocycles. The lowest BCUT2D eigenvalue weighted by Gasteiger charge is -2.33. The van der Waals surface area contributed by atoms with E-state index in [0.717, 1.165) is 0 Å². The van der Waals surface area contributed by atoms with Crippen LogP contribution < -0.4 is 0 Å². The highest BCUT2D eigenvalue weighted by Gasteiger charge is 2.37. The number of hydrogen-bond donors (Lipinski definition) is 0. The van der Waals surface area contributed by atoms with Crippen molar-refractivity contribution in [1.82, 2.24) is 0 Å². The van der Waals surface area contributed by atoms with Crippen LogP contribution in [0.15, 0.2) is 11.5 Å². The standard InChI is InChI=1S/C24H48O11Si4/c1-11-21(36)22(23(28)32-35-39(9,10)17-14-31-20(4)27)24(33-37(5,6)15-12-29-18(2)25)34-38(7,8)16-13-30-19(3)26/h21H,11-17H2,1-10,36H3. The van der Waals surface area contributed by atoms with Crippen LogP contribution in [0.2, 0.25) is 63.0 Å². The summed E-state index contributed by atoms with van der Waals surface area (Å²) in [5.74, 6) is -1.71. The van der Waals surface area contributed by atoms with Gasteiger partial charge in [-0.05, 0) is 44.8 Å². The van der Waals surface area contributed by atoms with Crippen molar-refractivity contribution in [2.75, 3.05) is 19.8 Å². The molecule has 0 aromatic carbocycles. The van der Waals surface area contributed by atoms with Crippen LogP contribution in [-0.2, 0) is 51.7 Å². The third kappa shape index (κ3) is 17.4. The lowest BCUT2D eigenvalue weighted by Crippen LogP contribution is -2.39. The molecular formula is C24H48O11Si4. The average Bonchev–Trinajstić information content (AvgIpc) is 2.75. The maximum absolute atomic E-state index is 13.5. The predicted molar refractivity (Wildman–Crippen MR) is 157 cm³/mol. The second kappa shape index (κ2) is 17.0. The third-order valence-corrected chi connectivity index (χ3v) is 13.3. The van der Waals surface area contributed by atoms with Gasteiger partial charge in [-0.15, -0.1) is 0 Å². The quantitative estimate of drug-likeness (QED) is 0.0421. The Morgan fingerprint density at radius 1 is 0.667 bits per heavy atom. The molecule has 15 heteroatoms. The molecule has 0 aromatic rings. The monoisotopic (exact) mass is 624 g/mol. The van der Waals surface area contributed by atoms with Crippen LogP contribution in [0, 0.1) is 0 Å². The summed E-state index contributed by atoms with van der Waals surface area (Å²) in [4.78, 5) is 52.5. The molecule has 0 spiro atoms. The summed E-state index contributed by atoms with van der Waals surface area (Å²) in [6, 6.07) is 1.42. The summed E-state index contributed by atoms with van der Waals surface area (Å²) >= 11 is 0. The van der Waals surface area contributed by atoms with Gasteiger partial charge in [0.2, 0.25) is 0 Å². The van der Waals surface area contributed by atoms with E-state index >= 15 is 0 Å². The van der Waals surface area contributed by atoms with Gasteiger partial charge in [-0.25, -0.2) is 9.37 Å². The van der Waals surface area contributed by atoms with Crippen molar-refractivity contribution < 1.29 is 51.7 Å². The summed E-state index contributed by atoms with van der Waals surface area (Å²) in [7, 11) is -6.95. The molecule has 0 amide bonds. The average molecular weight is 625 g/mol. The molecule has 226 valence electrons. The van der Waals surface area contributed by atoms with E-state index in [4.69, 9.17) is 32.5 Å². The second-order valence-electron chi connectivity index (χ2n) is 11.2. The number of ether oxygens (including phenoxy) is 3. The predicted octanol–water partition coefficient (Wildman–Crippen LogP) is 3.57. The van der Waals surface area contributed by atoms with Gasteiger partial charge in [-0.3, -0.25) is 14.4 Å². The molecule has 0 heterocycles. The molecule has 11 nitrogen and oxygen atoms in total. The van der Waals surface area contributed by atoms with Crippen LogP contribution in [-0.4, -0.2) is 78.9 Å². The Bertz CT molecular complexity index is 836. The lowest BCUT2D eigenvalue weighted by atomic mass is 10.1. The molecule has 0 saturated heterocycles. The molecule has 1 unspecified atom stereocenters. The van der Waals surface area contributed by atoms with Crippen molar-refractivity contribution in [1.29, 1.82) is 0 Å². The maximum Gasteiger partial charge on any atom is 0.374 e. The molecule has 0 N–H and O–H groups in total. The van der Waals surface area contributed by atoms with Gasteiger partial charge in [-0.2, -0.15) is 0 Å². The molecule has 0 aliphatic rings. The summed E-state index contributed by atoms with van der Waals surface area (Å²) in [6.45, 7) is 18.1. The number of carbonyl (C=O) groups is 4. The summed E-state index contributed by atoms with van der Waals surface area (Å²) < 4.78 is 33.8.